The quantitative estimate of drug-likeness (QED) is 0.0423. The number of hydrogen-bond acceptors (Lipinski definition) is 0. The van der Waals surface area contributed by atoms with Gasteiger partial charge in [0.15, 0.2) is 0 Å². The summed E-state index contributed by atoms with van der Waals surface area (Å²) < 4.78 is 0. The molecule has 0 fully saturated rings. The van der Waals surface area contributed by atoms with Gasteiger partial charge in [0, 0.05) is 0 Å². The Hall–Kier alpha value is 0.558. The van der Waals surface area contributed by atoms with E-state index in [0.29, 0.717) is 0 Å². The fraction of sp³-hybridized carbons (Fsp3) is 1.00. The summed E-state index contributed by atoms with van der Waals surface area (Å²) in [5, 5.41) is 5.05. The van der Waals surface area contributed by atoms with Crippen molar-refractivity contribution < 1.29 is 0 Å². The molecule has 0 aromatic carbocycles. The summed E-state index contributed by atoms with van der Waals surface area (Å²) in [6.45, 7) is 6.97. The van der Waals surface area contributed by atoms with Gasteiger partial charge in [0.1, 0.15) is 0 Å². The first kappa shape index (κ1) is 55.6. The molecular formula is C54H111As. The minimum atomic E-state index is -0.590. The molecule has 1 heteroatoms. The van der Waals surface area contributed by atoms with Gasteiger partial charge in [0.2, 0.25) is 0 Å². The average Bonchev–Trinajstić information content (AvgIpc) is 3.20. The Morgan fingerprint density at radius 2 is 0.255 bits per heavy atom. The molecule has 0 aromatic rings. The minimum Gasteiger partial charge on any atom is -0.0654 e. The van der Waals surface area contributed by atoms with Gasteiger partial charge < -0.3 is 0 Å². The van der Waals surface area contributed by atoms with E-state index in [1.54, 1.807) is 54.2 Å². The second-order valence-corrected chi connectivity index (χ2v) is 24.4. The topological polar surface area (TPSA) is 0 Å². The zero-order valence-corrected chi connectivity index (χ0v) is 41.4. The Balaban J connectivity index is 3.94. The van der Waals surface area contributed by atoms with Gasteiger partial charge in [0.05, 0.1) is 0 Å². The number of hydrogen-bond donors (Lipinski definition) is 0. The molecule has 332 valence electrons. The molecule has 0 N–H and O–H groups in total. The van der Waals surface area contributed by atoms with E-state index in [0.717, 1.165) is 0 Å². The van der Waals surface area contributed by atoms with Crippen LogP contribution in [0.15, 0.2) is 0 Å². The van der Waals surface area contributed by atoms with E-state index >= 15 is 0 Å². The Bertz CT molecular complexity index is 543. The molecule has 0 rings (SSSR count). The molecule has 0 aliphatic heterocycles. The van der Waals surface area contributed by atoms with Crippen LogP contribution in [0, 0.1) is 0 Å². The fourth-order valence-corrected chi connectivity index (χ4v) is 14.6. The second-order valence-electron chi connectivity index (χ2n) is 18.8. The van der Waals surface area contributed by atoms with E-state index < -0.39 is 14.7 Å². The van der Waals surface area contributed by atoms with Crippen LogP contribution in [0.4, 0.5) is 0 Å². The Morgan fingerprint density at radius 3 is 0.382 bits per heavy atom. The third kappa shape index (κ3) is 50.6. The van der Waals surface area contributed by atoms with Crippen LogP contribution in [0.2, 0.25) is 15.6 Å². The van der Waals surface area contributed by atoms with Crippen molar-refractivity contribution in [1.29, 1.82) is 0 Å². The van der Waals surface area contributed by atoms with Crippen molar-refractivity contribution >= 4 is 14.7 Å². The van der Waals surface area contributed by atoms with Crippen molar-refractivity contribution in [3.05, 3.63) is 0 Å². The van der Waals surface area contributed by atoms with Crippen LogP contribution in [0.3, 0.4) is 0 Å². The Morgan fingerprint density at radius 1 is 0.145 bits per heavy atom. The van der Waals surface area contributed by atoms with E-state index in [9.17, 15) is 0 Å². The Labute approximate surface area is 357 Å². The van der Waals surface area contributed by atoms with E-state index in [4.69, 9.17) is 0 Å². The third-order valence-electron chi connectivity index (χ3n) is 13.0. The maximum absolute atomic E-state index is 2.32. The van der Waals surface area contributed by atoms with E-state index in [2.05, 4.69) is 20.8 Å². The van der Waals surface area contributed by atoms with Crippen LogP contribution < -0.4 is 0 Å². The van der Waals surface area contributed by atoms with Crippen molar-refractivity contribution in [2.24, 2.45) is 0 Å². The van der Waals surface area contributed by atoms with Gasteiger partial charge in [-0.25, -0.2) is 0 Å². The third-order valence-corrected chi connectivity index (χ3v) is 19.0. The summed E-state index contributed by atoms with van der Waals surface area (Å²) >= 11 is -0.590. The van der Waals surface area contributed by atoms with Gasteiger partial charge >= 0.3 is 242 Å². The number of unbranched alkanes of at least 4 members (excludes halogenated alkanes) is 45. The first-order chi connectivity index (χ1) is 27.3. The summed E-state index contributed by atoms with van der Waals surface area (Å²) in [4.78, 5) is 0. The van der Waals surface area contributed by atoms with Gasteiger partial charge in [-0.1, -0.05) is 117 Å². The predicted molar refractivity (Wildman–Crippen MR) is 259 cm³/mol. The minimum absolute atomic E-state index is 0.590. The summed E-state index contributed by atoms with van der Waals surface area (Å²) in [7, 11) is 0. The molecule has 0 bridgehead atoms. The number of rotatable bonds is 51. The zero-order valence-electron chi connectivity index (χ0n) is 39.5. The van der Waals surface area contributed by atoms with Crippen molar-refractivity contribution in [3.8, 4) is 0 Å². The summed E-state index contributed by atoms with van der Waals surface area (Å²) in [5.74, 6) is 0. The van der Waals surface area contributed by atoms with E-state index in [-0.39, 0.29) is 0 Å². The summed E-state index contributed by atoms with van der Waals surface area (Å²) in [6, 6.07) is 0. The Kier molecular flexibility index (Phi) is 53.1. The van der Waals surface area contributed by atoms with Crippen LogP contribution in [-0.4, -0.2) is 14.7 Å². The van der Waals surface area contributed by atoms with Crippen molar-refractivity contribution in [3.63, 3.8) is 0 Å². The zero-order chi connectivity index (χ0) is 39.6. The second kappa shape index (κ2) is 52.6. The molecule has 0 aromatic heterocycles. The first-order valence-electron chi connectivity index (χ1n) is 27.1. The van der Waals surface area contributed by atoms with Crippen LogP contribution in [0.1, 0.15) is 329 Å². The molecule has 0 heterocycles. The van der Waals surface area contributed by atoms with Gasteiger partial charge in [-0.05, 0) is 0 Å². The van der Waals surface area contributed by atoms with Crippen LogP contribution in [0.25, 0.3) is 0 Å². The molecule has 0 radical (unpaired) electrons. The van der Waals surface area contributed by atoms with Crippen LogP contribution in [-0.2, 0) is 0 Å². The van der Waals surface area contributed by atoms with Crippen molar-refractivity contribution in [1.82, 2.24) is 0 Å². The van der Waals surface area contributed by atoms with E-state index in [1.807, 2.05) is 0 Å². The molecule has 55 heavy (non-hydrogen) atoms. The standard InChI is InChI=1S/C54H111As/c1-4-7-10-13-16-19-22-25-28-31-34-37-40-43-46-49-52-55(53-50-47-44-41-38-35-32-29-26-23-20-17-14-11-8-5-2)54-51-48-45-42-39-36-33-30-27-24-21-18-15-12-9-6-3/h4-54H2,1-3H3. The molecule has 0 saturated heterocycles. The molecular weight excluding hydrogens is 724 g/mol. The molecule has 0 atom stereocenters. The smallest absolute Gasteiger partial charge is 0.0654 e. The predicted octanol–water partition coefficient (Wildman–Crippen LogP) is 21.3. The van der Waals surface area contributed by atoms with Crippen molar-refractivity contribution in [2.75, 3.05) is 0 Å². The molecule has 0 nitrogen and oxygen atoms in total. The summed E-state index contributed by atoms with van der Waals surface area (Å²) in [5.41, 5.74) is 0. The molecule has 0 amide bonds. The van der Waals surface area contributed by atoms with Crippen LogP contribution >= 0.6 is 0 Å². The van der Waals surface area contributed by atoms with Crippen LogP contribution in [0.5, 0.6) is 0 Å². The van der Waals surface area contributed by atoms with E-state index in [1.165, 1.54) is 270 Å². The summed E-state index contributed by atoms with van der Waals surface area (Å²) in [6.07, 6.45) is 71.8. The van der Waals surface area contributed by atoms with Crippen molar-refractivity contribution in [2.45, 2.75) is 345 Å². The molecule has 0 aliphatic carbocycles. The molecule has 0 saturated carbocycles. The SMILES string of the molecule is CCCCCCCCCCCCCCCCCC[As](CCCCCCCCCCCCCCCCCC)CCCCCCCCCCCCCCCCCC. The van der Waals surface area contributed by atoms with Gasteiger partial charge in [0.25, 0.3) is 0 Å². The monoisotopic (exact) mass is 835 g/mol. The van der Waals surface area contributed by atoms with Gasteiger partial charge in [-0.15, -0.1) is 0 Å². The molecule has 0 unspecified atom stereocenters. The van der Waals surface area contributed by atoms with Gasteiger partial charge in [-0.3, -0.25) is 0 Å². The fourth-order valence-electron chi connectivity index (χ4n) is 8.99. The molecule has 0 spiro atoms. The maximum atomic E-state index is 2.32. The normalized spacial score (nSPS) is 11.8. The molecule has 0 aliphatic rings. The first-order valence-corrected chi connectivity index (χ1v) is 31.1. The average molecular weight is 835 g/mol. The van der Waals surface area contributed by atoms with Gasteiger partial charge in [-0.2, -0.15) is 0 Å².